The summed E-state index contributed by atoms with van der Waals surface area (Å²) in [6.45, 7) is 2.05. The molecule has 2 aromatic rings. The molecule has 1 amide bonds. The van der Waals surface area contributed by atoms with Gasteiger partial charge in [-0.3, -0.25) is 0 Å². The molecule has 0 unspecified atom stereocenters. The van der Waals surface area contributed by atoms with E-state index >= 15 is 0 Å². The molecule has 2 rings (SSSR count). The molecule has 0 radical (unpaired) electrons. The fraction of sp³-hybridized carbons (Fsp3) is 0.0769. The van der Waals surface area contributed by atoms with E-state index < -0.39 is 16.2 Å². The normalized spacial score (nSPS) is 10.6. The molecule has 4 N–H and O–H groups in total. The van der Waals surface area contributed by atoms with Crippen molar-refractivity contribution in [1.29, 1.82) is 0 Å². The second kappa shape index (κ2) is 7.66. The fourth-order valence-electron chi connectivity index (χ4n) is 1.53. The predicted octanol–water partition coefficient (Wildman–Crippen LogP) is -5.28. The summed E-state index contributed by atoms with van der Waals surface area (Å²) in [4.78, 5) is 11.1. The first-order valence-electron chi connectivity index (χ1n) is 5.79. The van der Waals surface area contributed by atoms with Gasteiger partial charge in [-0.25, -0.2) is 18.6 Å². The van der Waals surface area contributed by atoms with Crippen LogP contribution < -0.4 is 34.0 Å². The molecule has 0 aliphatic rings. The predicted molar refractivity (Wildman–Crippen MR) is 67.1 cm³/mol. The minimum absolute atomic E-state index is 0.0334. The molecule has 0 bridgehead atoms. The second-order valence-electron chi connectivity index (χ2n) is 4.19. The van der Waals surface area contributed by atoms with Crippen molar-refractivity contribution in [2.75, 3.05) is 0 Å². The first-order valence-corrected chi connectivity index (χ1v) is 8.74. The van der Waals surface area contributed by atoms with Crippen molar-refractivity contribution in [1.82, 2.24) is 0 Å². The molecule has 0 spiro atoms. The Kier molecular flexibility index (Phi) is 6.46. The van der Waals surface area contributed by atoms with Gasteiger partial charge in [-0.15, -0.1) is 10.2 Å². The minimum atomic E-state index is -4.94. The van der Waals surface area contributed by atoms with E-state index in [1.165, 1.54) is 10.0 Å². The number of hydrogen-bond acceptors (Lipinski definition) is 5. The summed E-state index contributed by atoms with van der Waals surface area (Å²) in [5.41, 5.74) is 8.06. The van der Waals surface area contributed by atoms with Crippen molar-refractivity contribution in [3.63, 3.8) is 0 Å². The van der Waals surface area contributed by atoms with Gasteiger partial charge < -0.3 is 0 Å². The number of halogens is 1. The average molecular weight is 392 g/mol. The van der Waals surface area contributed by atoms with Crippen LogP contribution in [-0.2, 0) is 0 Å². The maximum Gasteiger partial charge on any atom is -0.112 e. The van der Waals surface area contributed by atoms with E-state index in [4.69, 9.17) is 29.8 Å². The van der Waals surface area contributed by atoms with Crippen molar-refractivity contribution >= 4 is 20.4 Å². The SMILES string of the molecule is Cc1ccc(-c2ccc(C(N)=O)c(=[NH2+])[se]2)cc1.[O-][Cl+3]([O-])([O-])[O-]. The quantitative estimate of drug-likeness (QED) is 0.488. The second-order valence-corrected chi connectivity index (χ2v) is 7.22. The Morgan fingerprint density at radius 2 is 1.59 bits per heavy atom. The Bertz CT molecular complexity index is 704. The molecule has 9 heteroatoms. The zero-order valence-electron chi connectivity index (χ0n) is 11.4. The van der Waals surface area contributed by atoms with Crippen LogP contribution in [0.2, 0.25) is 0 Å². The molecule has 0 aliphatic carbocycles. The maximum absolute atomic E-state index is 11.1. The summed E-state index contributed by atoms with van der Waals surface area (Å²) < 4.78 is 35.7. The van der Waals surface area contributed by atoms with Gasteiger partial charge in [-0.1, -0.05) is 0 Å². The van der Waals surface area contributed by atoms with Crippen LogP contribution in [0, 0.1) is 17.2 Å². The maximum atomic E-state index is 11.1. The zero-order chi connectivity index (χ0) is 16.9. The van der Waals surface area contributed by atoms with Crippen LogP contribution in [0.15, 0.2) is 36.4 Å². The fourth-order valence-corrected chi connectivity index (χ4v) is 3.43. The van der Waals surface area contributed by atoms with Crippen LogP contribution in [0.3, 0.4) is 0 Å². The third-order valence-corrected chi connectivity index (χ3v) is 4.65. The average Bonchev–Trinajstić information content (AvgIpc) is 2.37. The smallest absolute Gasteiger partial charge is 0.112 e. The van der Waals surface area contributed by atoms with Crippen LogP contribution in [0.5, 0.6) is 0 Å². The number of carbonyl (C=O) groups is 1. The molecule has 7 nitrogen and oxygen atoms in total. The Morgan fingerprint density at radius 1 is 1.09 bits per heavy atom. The van der Waals surface area contributed by atoms with Gasteiger partial charge in [0.1, 0.15) is 0 Å². The van der Waals surface area contributed by atoms with Crippen LogP contribution in [0.25, 0.3) is 10.0 Å². The topological polar surface area (TPSA) is 161 Å². The molecule has 0 fully saturated rings. The molecule has 1 aromatic heterocycles. The molecule has 1 aromatic carbocycles. The molecular formula is C13H13ClN2O5Se. The number of primary amides is 1. The molecule has 1 heterocycles. The number of benzene rings is 1. The Hall–Kier alpha value is -1.51. The number of nitrogens with two attached hydrogens (primary N) is 2. The third kappa shape index (κ3) is 6.50. The van der Waals surface area contributed by atoms with Crippen LogP contribution >= 0.6 is 0 Å². The zero-order valence-corrected chi connectivity index (χ0v) is 13.9. The van der Waals surface area contributed by atoms with Crippen molar-refractivity contribution in [3.8, 4) is 10.0 Å². The van der Waals surface area contributed by atoms with Gasteiger partial charge >= 0.3 is 105 Å². The van der Waals surface area contributed by atoms with E-state index in [1.54, 1.807) is 6.07 Å². The van der Waals surface area contributed by atoms with Crippen molar-refractivity contribution in [2.45, 2.75) is 6.92 Å². The van der Waals surface area contributed by atoms with Crippen molar-refractivity contribution in [2.24, 2.45) is 5.73 Å². The molecule has 22 heavy (non-hydrogen) atoms. The summed E-state index contributed by atoms with van der Waals surface area (Å²) >= 11 is -0.0334. The first kappa shape index (κ1) is 18.5. The number of amides is 1. The van der Waals surface area contributed by atoms with Gasteiger partial charge in [0.15, 0.2) is 0 Å². The van der Waals surface area contributed by atoms with Gasteiger partial charge in [-0.2, -0.15) is 0 Å². The monoisotopic (exact) mass is 392 g/mol. The molecular weight excluding hydrogens is 379 g/mol. The number of aryl methyl sites for hydroxylation is 1. The minimum Gasteiger partial charge on any atom is -0.222 e. The van der Waals surface area contributed by atoms with Gasteiger partial charge in [0, 0.05) is 0 Å². The summed E-state index contributed by atoms with van der Waals surface area (Å²) in [5, 5.41) is 5.87. The number of rotatable bonds is 2. The van der Waals surface area contributed by atoms with Crippen molar-refractivity contribution < 1.29 is 39.1 Å². The van der Waals surface area contributed by atoms with Gasteiger partial charge in [0.25, 0.3) is 0 Å². The van der Waals surface area contributed by atoms with E-state index in [1.807, 2.05) is 6.07 Å². The van der Waals surface area contributed by atoms with E-state index in [9.17, 15) is 4.79 Å². The molecule has 118 valence electrons. The number of carbonyl (C=O) groups excluding carboxylic acids is 1. The standard InChI is InChI=1S/C13H12N2OSe.ClHO4/c1-8-2-4-9(5-3-8)11-7-6-10(12(14)16)13(15)17-11;2-1(3,4)5/h2-7,15H,1H3,(H2,14,16);(H,2,3,4,5). The number of hydrogen-bond donors (Lipinski definition) is 2. The van der Waals surface area contributed by atoms with Crippen LogP contribution in [-0.4, -0.2) is 20.4 Å². The van der Waals surface area contributed by atoms with Crippen LogP contribution in [0.4, 0.5) is 0 Å². The molecule has 0 atom stereocenters. The van der Waals surface area contributed by atoms with Crippen molar-refractivity contribution in [3.05, 3.63) is 51.8 Å². The van der Waals surface area contributed by atoms with Crippen LogP contribution in [0.1, 0.15) is 15.9 Å². The molecule has 0 saturated heterocycles. The Morgan fingerprint density at radius 3 is 2.00 bits per heavy atom. The largest absolute Gasteiger partial charge is 0.222 e. The van der Waals surface area contributed by atoms with Gasteiger partial charge in [-0.05, 0) is 0 Å². The Labute approximate surface area is 134 Å². The van der Waals surface area contributed by atoms with E-state index in [0.29, 0.717) is 9.79 Å². The molecule has 0 aliphatic heterocycles. The summed E-state index contributed by atoms with van der Waals surface area (Å²) in [5.74, 6) is -0.455. The molecule has 0 saturated carbocycles. The van der Waals surface area contributed by atoms with E-state index in [0.717, 1.165) is 5.56 Å². The third-order valence-electron chi connectivity index (χ3n) is 2.49. The summed E-state index contributed by atoms with van der Waals surface area (Å²) in [6, 6.07) is 11.9. The van der Waals surface area contributed by atoms with E-state index in [2.05, 4.69) is 31.2 Å². The van der Waals surface area contributed by atoms with E-state index in [-0.39, 0.29) is 14.5 Å². The Balaban J connectivity index is 0.000000422. The summed E-state index contributed by atoms with van der Waals surface area (Å²) in [6.07, 6.45) is 0. The first-order chi connectivity index (χ1) is 10.1. The summed E-state index contributed by atoms with van der Waals surface area (Å²) in [7, 11) is -4.94. The van der Waals surface area contributed by atoms with Gasteiger partial charge in [0.2, 0.25) is 0 Å². The van der Waals surface area contributed by atoms with Gasteiger partial charge in [0.05, 0.1) is 0 Å².